The number of carbonyl (C=O) groups is 1. The Bertz CT molecular complexity index is 342. The van der Waals surface area contributed by atoms with E-state index < -0.39 is 15.1 Å². The van der Waals surface area contributed by atoms with Gasteiger partial charge in [0.25, 0.3) is 0 Å². The number of nitrogens with zero attached hydrogens (tertiary/aromatic N) is 1. The second-order valence-corrected chi connectivity index (χ2v) is 7.25. The number of carbonyl (C=O) groups excluding carboxylic acids is 1. The molecule has 4 nitrogen and oxygen atoms in total. The lowest BCUT2D eigenvalue weighted by molar-refractivity contribution is -0.129. The van der Waals surface area contributed by atoms with Gasteiger partial charge in [0.2, 0.25) is 5.91 Å². The minimum absolute atomic E-state index is 0.162. The normalized spacial score (nSPS) is 24.0. The summed E-state index contributed by atoms with van der Waals surface area (Å²) < 4.78 is 23.5. The molecule has 0 saturated carbocycles. The molecule has 1 saturated heterocycles. The standard InChI is InChI=1S/C10H18BrNO3S/c1-12(7-4-6-11)10(13)9-5-2-3-8-16(9,14)15/h9H,2-8H2,1H3. The Hall–Kier alpha value is -0.100. The first kappa shape index (κ1) is 14.0. The van der Waals surface area contributed by atoms with Gasteiger partial charge in [0, 0.05) is 18.9 Å². The molecule has 0 spiro atoms. The Labute approximate surface area is 105 Å². The Balaban J connectivity index is 2.65. The van der Waals surface area contributed by atoms with Gasteiger partial charge >= 0.3 is 0 Å². The summed E-state index contributed by atoms with van der Waals surface area (Å²) in [5, 5.41) is 0.0313. The number of rotatable bonds is 4. The molecule has 0 radical (unpaired) electrons. The van der Waals surface area contributed by atoms with Gasteiger partial charge in [-0.05, 0) is 19.3 Å². The summed E-state index contributed by atoms with van der Waals surface area (Å²) in [7, 11) is -1.52. The number of hydrogen-bond donors (Lipinski definition) is 0. The first-order valence-electron chi connectivity index (χ1n) is 5.51. The predicted molar refractivity (Wildman–Crippen MR) is 67.5 cm³/mol. The summed E-state index contributed by atoms with van der Waals surface area (Å²) in [6, 6.07) is 0. The van der Waals surface area contributed by atoms with Crippen molar-refractivity contribution in [3.8, 4) is 0 Å². The number of hydrogen-bond acceptors (Lipinski definition) is 3. The SMILES string of the molecule is CN(CCCBr)C(=O)C1CCCCS1(=O)=O. The van der Waals surface area contributed by atoms with Crippen molar-refractivity contribution in [2.75, 3.05) is 24.7 Å². The van der Waals surface area contributed by atoms with Crippen molar-refractivity contribution in [1.29, 1.82) is 0 Å². The van der Waals surface area contributed by atoms with Crippen LogP contribution in [0.25, 0.3) is 0 Å². The summed E-state index contributed by atoms with van der Waals surface area (Å²) in [5.74, 6) is -0.0731. The average Bonchev–Trinajstić information content (AvgIpc) is 2.24. The van der Waals surface area contributed by atoms with Crippen molar-refractivity contribution in [3.05, 3.63) is 0 Å². The van der Waals surface area contributed by atoms with Gasteiger partial charge in [-0.25, -0.2) is 8.42 Å². The van der Waals surface area contributed by atoms with Gasteiger partial charge in [0.1, 0.15) is 5.25 Å². The van der Waals surface area contributed by atoms with Crippen LogP contribution in [0.4, 0.5) is 0 Å². The zero-order chi connectivity index (χ0) is 12.2. The molecular formula is C10H18BrNO3S. The molecule has 0 N–H and O–H groups in total. The highest BCUT2D eigenvalue weighted by atomic mass is 79.9. The van der Waals surface area contributed by atoms with Gasteiger partial charge in [-0.3, -0.25) is 4.79 Å². The fourth-order valence-corrected chi connectivity index (χ4v) is 4.04. The third-order valence-electron chi connectivity index (χ3n) is 2.86. The van der Waals surface area contributed by atoms with Gasteiger partial charge in [0.05, 0.1) is 5.75 Å². The summed E-state index contributed by atoms with van der Waals surface area (Å²) >= 11 is 3.29. The maximum atomic E-state index is 12.0. The van der Waals surface area contributed by atoms with E-state index in [2.05, 4.69) is 15.9 Å². The van der Waals surface area contributed by atoms with Crippen LogP contribution in [0.3, 0.4) is 0 Å². The number of alkyl halides is 1. The van der Waals surface area contributed by atoms with Gasteiger partial charge in [-0.2, -0.15) is 0 Å². The molecule has 1 amide bonds. The summed E-state index contributed by atoms with van der Waals surface area (Å²) in [6.45, 7) is 0.607. The molecule has 1 fully saturated rings. The molecule has 94 valence electrons. The zero-order valence-electron chi connectivity index (χ0n) is 9.49. The second-order valence-electron chi connectivity index (χ2n) is 4.15. The smallest absolute Gasteiger partial charge is 0.240 e. The van der Waals surface area contributed by atoms with Crippen molar-refractivity contribution < 1.29 is 13.2 Å². The lowest BCUT2D eigenvalue weighted by Crippen LogP contribution is -2.44. The van der Waals surface area contributed by atoms with E-state index in [1.807, 2.05) is 0 Å². The molecule has 0 aromatic heterocycles. The van der Waals surface area contributed by atoms with Crippen molar-refractivity contribution in [2.24, 2.45) is 0 Å². The van der Waals surface area contributed by atoms with E-state index in [-0.39, 0.29) is 11.7 Å². The molecule has 16 heavy (non-hydrogen) atoms. The van der Waals surface area contributed by atoms with Gasteiger partial charge in [0.15, 0.2) is 9.84 Å². The van der Waals surface area contributed by atoms with Crippen LogP contribution in [0.5, 0.6) is 0 Å². The molecule has 1 atom stereocenters. The third kappa shape index (κ3) is 3.45. The van der Waals surface area contributed by atoms with Crippen molar-refractivity contribution in [1.82, 2.24) is 4.90 Å². The maximum absolute atomic E-state index is 12.0. The molecule has 1 aliphatic heterocycles. The van der Waals surface area contributed by atoms with Crippen LogP contribution in [0.1, 0.15) is 25.7 Å². The largest absolute Gasteiger partial charge is 0.345 e. The number of sulfone groups is 1. The van der Waals surface area contributed by atoms with E-state index in [4.69, 9.17) is 0 Å². The topological polar surface area (TPSA) is 54.5 Å². The summed E-state index contributed by atoms with van der Waals surface area (Å²) in [4.78, 5) is 13.5. The molecule has 1 aliphatic rings. The monoisotopic (exact) mass is 311 g/mol. The van der Waals surface area contributed by atoms with Crippen molar-refractivity contribution in [2.45, 2.75) is 30.9 Å². The highest BCUT2D eigenvalue weighted by Crippen LogP contribution is 2.21. The Kier molecular flexibility index (Phi) is 5.24. The second kappa shape index (κ2) is 6.00. The van der Waals surface area contributed by atoms with E-state index >= 15 is 0 Å². The van der Waals surface area contributed by atoms with Crippen LogP contribution in [0.2, 0.25) is 0 Å². The maximum Gasteiger partial charge on any atom is 0.240 e. The summed E-state index contributed by atoms with van der Waals surface area (Å²) in [5.41, 5.74) is 0. The fourth-order valence-electron chi connectivity index (χ4n) is 1.88. The number of halogens is 1. The minimum atomic E-state index is -3.20. The van der Waals surface area contributed by atoms with Gasteiger partial charge in [-0.15, -0.1) is 0 Å². The van der Waals surface area contributed by atoms with Crippen LogP contribution in [-0.2, 0) is 14.6 Å². The molecule has 0 aromatic rings. The van der Waals surface area contributed by atoms with E-state index in [9.17, 15) is 13.2 Å². The fraction of sp³-hybridized carbons (Fsp3) is 0.900. The molecular weight excluding hydrogens is 294 g/mol. The Morgan fingerprint density at radius 3 is 2.69 bits per heavy atom. The van der Waals surface area contributed by atoms with E-state index in [1.54, 1.807) is 7.05 Å². The molecule has 0 aromatic carbocycles. The van der Waals surface area contributed by atoms with Crippen LogP contribution in [0, 0.1) is 0 Å². The quantitative estimate of drug-likeness (QED) is 0.733. The molecule has 6 heteroatoms. The average molecular weight is 312 g/mol. The molecule has 0 aliphatic carbocycles. The van der Waals surface area contributed by atoms with Crippen LogP contribution in [-0.4, -0.2) is 49.2 Å². The third-order valence-corrected chi connectivity index (χ3v) is 5.58. The lowest BCUT2D eigenvalue weighted by atomic mass is 10.1. The van der Waals surface area contributed by atoms with Crippen LogP contribution < -0.4 is 0 Å². The van der Waals surface area contributed by atoms with Crippen LogP contribution in [0.15, 0.2) is 0 Å². The Morgan fingerprint density at radius 2 is 2.12 bits per heavy atom. The molecule has 0 bridgehead atoms. The van der Waals surface area contributed by atoms with Crippen molar-refractivity contribution >= 4 is 31.7 Å². The highest BCUT2D eigenvalue weighted by Gasteiger charge is 2.36. The lowest BCUT2D eigenvalue weighted by Gasteiger charge is -2.26. The van der Waals surface area contributed by atoms with Gasteiger partial charge in [-0.1, -0.05) is 22.4 Å². The summed E-state index contributed by atoms with van der Waals surface area (Å²) in [6.07, 6.45) is 2.86. The number of amides is 1. The zero-order valence-corrected chi connectivity index (χ0v) is 11.9. The van der Waals surface area contributed by atoms with Crippen LogP contribution >= 0.6 is 15.9 Å². The van der Waals surface area contributed by atoms with E-state index in [0.29, 0.717) is 19.4 Å². The predicted octanol–water partition coefficient (Wildman–Crippen LogP) is 1.20. The molecule has 1 heterocycles. The first-order chi connectivity index (χ1) is 7.49. The minimum Gasteiger partial charge on any atom is -0.345 e. The molecule has 1 unspecified atom stereocenters. The molecule has 1 rings (SSSR count). The van der Waals surface area contributed by atoms with E-state index in [0.717, 1.165) is 18.2 Å². The van der Waals surface area contributed by atoms with E-state index in [1.165, 1.54) is 4.90 Å². The Morgan fingerprint density at radius 1 is 1.44 bits per heavy atom. The van der Waals surface area contributed by atoms with Crippen molar-refractivity contribution in [3.63, 3.8) is 0 Å². The first-order valence-corrected chi connectivity index (χ1v) is 8.35. The van der Waals surface area contributed by atoms with Gasteiger partial charge < -0.3 is 4.90 Å². The highest BCUT2D eigenvalue weighted by molar-refractivity contribution is 9.09.